The molecular formula is C40H57ClN2O5S. The molecule has 0 radical (unpaired) electrons. The van der Waals surface area contributed by atoms with Gasteiger partial charge in [-0.3, -0.25) is 4.79 Å². The maximum Gasteiger partial charge on any atom is 0.264 e. The lowest BCUT2D eigenvalue weighted by Gasteiger charge is -2.45. The maximum atomic E-state index is 13.7. The van der Waals surface area contributed by atoms with Crippen LogP contribution in [0.1, 0.15) is 120 Å². The van der Waals surface area contributed by atoms with Gasteiger partial charge in [0.1, 0.15) is 5.75 Å². The molecule has 1 saturated carbocycles. The van der Waals surface area contributed by atoms with Gasteiger partial charge in [0.2, 0.25) is 10.0 Å². The average molecular weight is 713 g/mol. The lowest BCUT2D eigenvalue weighted by Crippen LogP contribution is -2.49. The van der Waals surface area contributed by atoms with E-state index in [1.165, 1.54) is 11.1 Å². The van der Waals surface area contributed by atoms with Crippen molar-refractivity contribution in [1.29, 1.82) is 0 Å². The topological polar surface area (TPSA) is 95.9 Å². The van der Waals surface area contributed by atoms with Crippen molar-refractivity contribution in [3.8, 4) is 5.75 Å². The summed E-state index contributed by atoms with van der Waals surface area (Å²) in [6, 6.07) is 11.5. The van der Waals surface area contributed by atoms with Crippen molar-refractivity contribution in [1.82, 2.24) is 4.72 Å². The predicted octanol–water partition coefficient (Wildman–Crippen LogP) is 8.61. The Kier molecular flexibility index (Phi) is 12.8. The zero-order valence-corrected chi connectivity index (χ0v) is 31.5. The van der Waals surface area contributed by atoms with E-state index >= 15 is 0 Å². The number of carbonyl (C=O) groups is 1. The van der Waals surface area contributed by atoms with Crippen LogP contribution in [0.15, 0.2) is 48.6 Å². The van der Waals surface area contributed by atoms with E-state index in [9.17, 15) is 18.3 Å². The summed E-state index contributed by atoms with van der Waals surface area (Å²) in [6.45, 7) is 9.94. The monoisotopic (exact) mass is 712 g/mol. The number of aryl methyl sites for hydroxylation is 1. The molecular weight excluding hydrogens is 656 g/mol. The highest BCUT2D eigenvalue weighted by atomic mass is 35.5. The third-order valence-corrected chi connectivity index (χ3v) is 13.5. The summed E-state index contributed by atoms with van der Waals surface area (Å²) in [5.74, 6) is 0.506. The van der Waals surface area contributed by atoms with E-state index in [2.05, 4.69) is 48.6 Å². The molecule has 6 atom stereocenters. The number of ether oxygens (including phenoxy) is 1. The van der Waals surface area contributed by atoms with Crippen LogP contribution in [0.4, 0.5) is 5.69 Å². The summed E-state index contributed by atoms with van der Waals surface area (Å²) >= 11 is 6.44. The quantitative estimate of drug-likeness (QED) is 0.180. The van der Waals surface area contributed by atoms with Gasteiger partial charge in [-0.1, -0.05) is 76.3 Å². The summed E-state index contributed by atoms with van der Waals surface area (Å²) in [5, 5.41) is 11.1. The summed E-state index contributed by atoms with van der Waals surface area (Å²) in [5.41, 5.74) is 3.33. The molecule has 0 unspecified atom stereocenters. The van der Waals surface area contributed by atoms with E-state index in [-0.39, 0.29) is 23.2 Å². The van der Waals surface area contributed by atoms with Crippen LogP contribution in [0.25, 0.3) is 0 Å². The molecule has 2 aromatic rings. The highest BCUT2D eigenvalue weighted by Crippen LogP contribution is 2.46. The number of hydrogen-bond acceptors (Lipinski definition) is 6. The van der Waals surface area contributed by atoms with Gasteiger partial charge in [0.05, 0.1) is 23.6 Å². The summed E-state index contributed by atoms with van der Waals surface area (Å²) in [7, 11) is -3.89. The van der Waals surface area contributed by atoms with Gasteiger partial charge in [-0.2, -0.15) is 0 Å². The zero-order chi connectivity index (χ0) is 35.2. The number of amides is 1. The Balaban J connectivity index is 1.45. The molecule has 2 N–H and O–H groups in total. The fraction of sp³-hybridized carbons (Fsp3) is 0.625. The van der Waals surface area contributed by atoms with Crippen molar-refractivity contribution >= 4 is 33.2 Å². The number of allylic oxidation sites excluding steroid dienone is 1. The second-order valence-corrected chi connectivity index (χ2v) is 17.3. The number of nitrogens with one attached hydrogen (secondary N) is 1. The van der Waals surface area contributed by atoms with Gasteiger partial charge < -0.3 is 14.7 Å². The van der Waals surface area contributed by atoms with E-state index in [4.69, 9.17) is 16.3 Å². The molecule has 3 aliphatic rings. The molecule has 270 valence electrons. The number of sulfonamides is 1. The Labute approximate surface area is 299 Å². The van der Waals surface area contributed by atoms with Gasteiger partial charge in [0.15, 0.2) is 0 Å². The summed E-state index contributed by atoms with van der Waals surface area (Å²) < 4.78 is 36.1. The number of hydrogen-bond donors (Lipinski definition) is 2. The first-order valence-corrected chi connectivity index (χ1v) is 20.7. The largest absolute Gasteiger partial charge is 0.490 e. The summed E-state index contributed by atoms with van der Waals surface area (Å²) in [6.07, 6.45) is 15.0. The van der Waals surface area contributed by atoms with Crippen LogP contribution in [-0.2, 0) is 21.9 Å². The Morgan fingerprint density at radius 2 is 1.94 bits per heavy atom. The Morgan fingerprint density at radius 3 is 2.65 bits per heavy atom. The van der Waals surface area contributed by atoms with Crippen molar-refractivity contribution in [2.24, 2.45) is 17.8 Å². The number of nitrogens with zero attached hydrogens (tertiary/aromatic N) is 1. The molecule has 2 aromatic carbocycles. The standard InChI is InChI=1S/C40H57ClN2O5S/c1-5-8-10-15-37(44)34-19-16-32(34)25-43-26-40(22-11-14-30-23-33(41)18-20-35(30)40)27-48-38-21-17-31(24-36(38)43)39(45)42-49(46,47)28(4)29(12-7-3)13-9-6-2/h10,15,17-18,20-21,23-24,28-29,32,34,37,44H,5-9,11-14,16,19,22,25-27H2,1-4H3,(H,42,45)/b15-10+/t28-,29-,32+,34-,37+,40+/m1/s1. The van der Waals surface area contributed by atoms with Crippen LogP contribution in [0.2, 0.25) is 5.02 Å². The minimum atomic E-state index is -3.89. The van der Waals surface area contributed by atoms with Crippen molar-refractivity contribution in [3.05, 3.63) is 70.3 Å². The minimum absolute atomic E-state index is 0.00165. The third-order valence-electron chi connectivity index (χ3n) is 11.4. The molecule has 0 bridgehead atoms. The Hall–Kier alpha value is -2.55. The smallest absolute Gasteiger partial charge is 0.264 e. The Bertz CT molecular complexity index is 1580. The lowest BCUT2D eigenvalue weighted by molar-refractivity contribution is 0.0456. The normalized spacial score (nSPS) is 23.9. The molecule has 1 spiro atoms. The van der Waals surface area contributed by atoms with E-state index in [0.717, 1.165) is 87.8 Å². The zero-order valence-electron chi connectivity index (χ0n) is 29.9. The maximum absolute atomic E-state index is 13.7. The van der Waals surface area contributed by atoms with Gasteiger partial charge in [0, 0.05) is 29.1 Å². The molecule has 5 rings (SSSR count). The highest BCUT2D eigenvalue weighted by Gasteiger charge is 2.44. The predicted molar refractivity (Wildman–Crippen MR) is 200 cm³/mol. The van der Waals surface area contributed by atoms with E-state index in [1.54, 1.807) is 19.1 Å². The van der Waals surface area contributed by atoms with Crippen molar-refractivity contribution in [3.63, 3.8) is 0 Å². The minimum Gasteiger partial charge on any atom is -0.490 e. The summed E-state index contributed by atoms with van der Waals surface area (Å²) in [4.78, 5) is 16.0. The number of fused-ring (bicyclic) bond motifs is 3. The fourth-order valence-electron chi connectivity index (χ4n) is 8.34. The number of unbranched alkanes of at least 4 members (excludes halogenated alkanes) is 2. The fourth-order valence-corrected chi connectivity index (χ4v) is 9.88. The molecule has 7 nitrogen and oxygen atoms in total. The first kappa shape index (κ1) is 37.7. The third kappa shape index (κ3) is 8.68. The average Bonchev–Trinajstić information content (AvgIpc) is 3.21. The van der Waals surface area contributed by atoms with Crippen molar-refractivity contribution in [2.75, 3.05) is 24.6 Å². The van der Waals surface area contributed by atoms with Gasteiger partial charge in [-0.15, -0.1) is 0 Å². The van der Waals surface area contributed by atoms with Gasteiger partial charge in [-0.05, 0) is 118 Å². The number of aliphatic hydroxyl groups is 1. The molecule has 2 aliphatic carbocycles. The first-order valence-electron chi connectivity index (χ1n) is 18.7. The van der Waals surface area contributed by atoms with Crippen molar-refractivity contribution < 1.29 is 23.1 Å². The number of rotatable bonds is 15. The molecule has 1 amide bonds. The molecule has 0 saturated heterocycles. The molecule has 0 aromatic heterocycles. The van der Waals surface area contributed by atoms with Crippen LogP contribution in [-0.4, -0.2) is 50.5 Å². The number of aliphatic hydroxyl groups excluding tert-OH is 1. The number of anilines is 1. The molecule has 9 heteroatoms. The molecule has 49 heavy (non-hydrogen) atoms. The highest BCUT2D eigenvalue weighted by molar-refractivity contribution is 7.90. The Morgan fingerprint density at radius 1 is 1.12 bits per heavy atom. The molecule has 1 fully saturated rings. The second kappa shape index (κ2) is 16.6. The van der Waals surface area contributed by atoms with Gasteiger partial charge in [0.25, 0.3) is 5.91 Å². The SMILES string of the molecule is CCC/C=C/[C@H](O)[C@@H]1CC[C@H]1CN1C[C@@]2(CCCc3cc(Cl)ccc32)COc2ccc(C(=O)NS(=O)(=O)[C@H](C)[C@H](CCC)CCCC)cc21. The van der Waals surface area contributed by atoms with E-state index in [0.29, 0.717) is 31.0 Å². The van der Waals surface area contributed by atoms with Crippen LogP contribution >= 0.6 is 11.6 Å². The van der Waals surface area contributed by atoms with E-state index < -0.39 is 27.3 Å². The van der Waals surface area contributed by atoms with Crippen LogP contribution in [0.3, 0.4) is 0 Å². The number of halogens is 1. The van der Waals surface area contributed by atoms with Gasteiger partial charge >= 0.3 is 0 Å². The first-order chi connectivity index (χ1) is 23.5. The molecule has 1 heterocycles. The number of benzene rings is 2. The van der Waals surface area contributed by atoms with Crippen molar-refractivity contribution in [2.45, 2.75) is 122 Å². The van der Waals surface area contributed by atoms with Crippen LogP contribution in [0, 0.1) is 17.8 Å². The second-order valence-electron chi connectivity index (χ2n) is 14.9. The molecule has 1 aliphatic heterocycles. The van der Waals surface area contributed by atoms with Crippen LogP contribution in [0.5, 0.6) is 5.75 Å². The number of carbonyl (C=O) groups excluding carboxylic acids is 1. The van der Waals surface area contributed by atoms with E-state index in [1.807, 2.05) is 18.2 Å². The van der Waals surface area contributed by atoms with Gasteiger partial charge in [-0.25, -0.2) is 13.1 Å². The van der Waals surface area contributed by atoms with Crippen LogP contribution < -0.4 is 14.4 Å². The lowest BCUT2D eigenvalue weighted by atomic mass is 9.68.